The van der Waals surface area contributed by atoms with Crippen molar-refractivity contribution in [3.05, 3.63) is 29.1 Å². The minimum atomic E-state index is -0.584. The van der Waals surface area contributed by atoms with Crippen molar-refractivity contribution in [3.8, 4) is 5.75 Å². The number of benzene rings is 1. The molecule has 0 spiro atoms. The molecule has 0 saturated carbocycles. The molecule has 0 radical (unpaired) electrons. The largest absolute Gasteiger partial charge is 0.490 e. The summed E-state index contributed by atoms with van der Waals surface area (Å²) in [4.78, 5) is 11.3. The van der Waals surface area contributed by atoms with Crippen LogP contribution in [0.3, 0.4) is 0 Å². The van der Waals surface area contributed by atoms with E-state index in [1.807, 2.05) is 0 Å². The maximum absolute atomic E-state index is 13.6. The van der Waals surface area contributed by atoms with Crippen LogP contribution in [-0.4, -0.2) is 19.7 Å². The summed E-state index contributed by atoms with van der Waals surface area (Å²) < 4.78 is 23.3. The second-order valence-corrected chi connectivity index (χ2v) is 3.61. The fraction of sp³-hybridized carbons (Fsp3) is 0.364. The zero-order valence-electron chi connectivity index (χ0n) is 9.23. The molecule has 1 aliphatic heterocycles. The number of carbonyl (C=O) groups excluding carboxylic acids is 1. The third-order valence-corrected chi connectivity index (χ3v) is 2.57. The Kier molecular flexibility index (Phi) is 4.31. The van der Waals surface area contributed by atoms with Gasteiger partial charge >= 0.3 is 5.97 Å². The summed E-state index contributed by atoms with van der Waals surface area (Å²) in [6.07, 6.45) is 0.608. The number of halogens is 2. The highest BCUT2D eigenvalue weighted by Crippen LogP contribution is 2.34. The molecule has 1 aromatic rings. The first kappa shape index (κ1) is 13.7. The summed E-state index contributed by atoms with van der Waals surface area (Å²) >= 11 is 0. The summed E-state index contributed by atoms with van der Waals surface area (Å²) in [6, 6.07) is 2.32. The molecule has 1 atom stereocenters. The summed E-state index contributed by atoms with van der Waals surface area (Å²) in [7, 11) is 1.25. The normalized spacial score (nSPS) is 17.5. The van der Waals surface area contributed by atoms with Crippen molar-refractivity contribution in [3.63, 3.8) is 0 Å². The Hall–Kier alpha value is -1.33. The van der Waals surface area contributed by atoms with Crippen molar-refractivity contribution in [2.45, 2.75) is 12.5 Å². The van der Waals surface area contributed by atoms with Crippen LogP contribution in [0.4, 0.5) is 4.39 Å². The van der Waals surface area contributed by atoms with Crippen LogP contribution >= 0.6 is 12.4 Å². The lowest BCUT2D eigenvalue weighted by molar-refractivity contribution is 0.0599. The van der Waals surface area contributed by atoms with Gasteiger partial charge in [0.05, 0.1) is 19.3 Å². The minimum Gasteiger partial charge on any atom is -0.490 e. The third kappa shape index (κ3) is 2.50. The van der Waals surface area contributed by atoms with Gasteiger partial charge in [-0.05, 0) is 12.1 Å². The van der Waals surface area contributed by atoms with E-state index in [2.05, 4.69) is 4.74 Å². The minimum absolute atomic E-state index is 0. The predicted octanol–water partition coefficient (Wildman–Crippen LogP) is 1.82. The van der Waals surface area contributed by atoms with Gasteiger partial charge in [-0.25, -0.2) is 9.18 Å². The van der Waals surface area contributed by atoms with Crippen molar-refractivity contribution in [1.82, 2.24) is 0 Å². The molecule has 1 aromatic carbocycles. The van der Waals surface area contributed by atoms with Crippen LogP contribution in [0.1, 0.15) is 28.4 Å². The molecule has 6 heteroatoms. The highest BCUT2D eigenvalue weighted by atomic mass is 35.5. The van der Waals surface area contributed by atoms with Crippen LogP contribution in [0, 0.1) is 5.82 Å². The molecule has 0 amide bonds. The highest BCUT2D eigenvalue weighted by Gasteiger charge is 2.24. The molecular formula is C11H13ClFNO3. The molecule has 0 aliphatic carbocycles. The number of hydrogen-bond acceptors (Lipinski definition) is 4. The smallest absolute Gasteiger partial charge is 0.337 e. The first-order valence-electron chi connectivity index (χ1n) is 4.93. The third-order valence-electron chi connectivity index (χ3n) is 2.57. The van der Waals surface area contributed by atoms with Gasteiger partial charge in [-0.15, -0.1) is 12.4 Å². The van der Waals surface area contributed by atoms with Gasteiger partial charge in [0.2, 0.25) is 0 Å². The maximum Gasteiger partial charge on any atom is 0.337 e. The number of methoxy groups -OCH3 is 1. The van der Waals surface area contributed by atoms with Gasteiger partial charge in [-0.1, -0.05) is 0 Å². The van der Waals surface area contributed by atoms with Crippen molar-refractivity contribution < 1.29 is 18.7 Å². The van der Waals surface area contributed by atoms with Gasteiger partial charge in [0, 0.05) is 18.0 Å². The lowest BCUT2D eigenvalue weighted by atomic mass is 9.98. The molecule has 1 aliphatic rings. The van der Waals surface area contributed by atoms with Gasteiger partial charge in [0.25, 0.3) is 0 Å². The number of esters is 1. The van der Waals surface area contributed by atoms with E-state index in [1.54, 1.807) is 0 Å². The molecule has 1 heterocycles. The molecule has 94 valence electrons. The van der Waals surface area contributed by atoms with Crippen molar-refractivity contribution in [2.24, 2.45) is 5.73 Å². The molecule has 4 nitrogen and oxygen atoms in total. The molecule has 0 saturated heterocycles. The SMILES string of the molecule is COC(=O)c1cc(F)c2c(c1)C(N)CCO2.Cl. The molecule has 0 bridgehead atoms. The lowest BCUT2D eigenvalue weighted by Gasteiger charge is -2.23. The lowest BCUT2D eigenvalue weighted by Crippen LogP contribution is -2.22. The van der Waals surface area contributed by atoms with E-state index >= 15 is 0 Å². The molecular weight excluding hydrogens is 249 g/mol. The molecule has 1 unspecified atom stereocenters. The van der Waals surface area contributed by atoms with E-state index in [1.165, 1.54) is 13.2 Å². The fourth-order valence-electron chi connectivity index (χ4n) is 1.72. The van der Waals surface area contributed by atoms with Crippen LogP contribution in [0.5, 0.6) is 5.75 Å². The average molecular weight is 262 g/mol. The molecule has 2 rings (SSSR count). The molecule has 0 fully saturated rings. The molecule has 17 heavy (non-hydrogen) atoms. The Morgan fingerprint density at radius 3 is 2.94 bits per heavy atom. The number of nitrogens with two attached hydrogens (primary N) is 1. The number of rotatable bonds is 1. The van der Waals surface area contributed by atoms with Crippen LogP contribution < -0.4 is 10.5 Å². The summed E-state index contributed by atoms with van der Waals surface area (Å²) in [6.45, 7) is 0.392. The zero-order valence-corrected chi connectivity index (χ0v) is 10.1. The van der Waals surface area contributed by atoms with E-state index in [-0.39, 0.29) is 29.8 Å². The van der Waals surface area contributed by atoms with Gasteiger partial charge in [0.1, 0.15) is 0 Å². The van der Waals surface area contributed by atoms with Crippen LogP contribution in [-0.2, 0) is 4.74 Å². The van der Waals surface area contributed by atoms with Crippen molar-refractivity contribution in [1.29, 1.82) is 0 Å². The van der Waals surface area contributed by atoms with Crippen LogP contribution in [0.2, 0.25) is 0 Å². The van der Waals surface area contributed by atoms with Crippen LogP contribution in [0.15, 0.2) is 12.1 Å². The second-order valence-electron chi connectivity index (χ2n) is 3.61. The number of fused-ring (bicyclic) bond motifs is 1. The van der Waals surface area contributed by atoms with Crippen molar-refractivity contribution >= 4 is 18.4 Å². The van der Waals surface area contributed by atoms with Gasteiger partial charge in [-0.3, -0.25) is 0 Å². The van der Waals surface area contributed by atoms with E-state index in [0.29, 0.717) is 18.6 Å². The topological polar surface area (TPSA) is 61.5 Å². The second kappa shape index (κ2) is 5.33. The van der Waals surface area contributed by atoms with Crippen LogP contribution in [0.25, 0.3) is 0 Å². The average Bonchev–Trinajstić information content (AvgIpc) is 2.29. The number of ether oxygens (including phenoxy) is 2. The Morgan fingerprint density at radius 2 is 2.29 bits per heavy atom. The highest BCUT2D eigenvalue weighted by molar-refractivity contribution is 5.90. The Bertz CT molecular complexity index is 439. The van der Waals surface area contributed by atoms with Gasteiger partial charge in [0.15, 0.2) is 11.6 Å². The monoisotopic (exact) mass is 261 g/mol. The Morgan fingerprint density at radius 1 is 1.59 bits per heavy atom. The van der Waals surface area contributed by atoms with Crippen molar-refractivity contribution in [2.75, 3.05) is 13.7 Å². The van der Waals surface area contributed by atoms with Gasteiger partial charge < -0.3 is 15.2 Å². The standard InChI is InChI=1S/C11H12FNO3.ClH/c1-15-11(14)6-4-7-9(13)2-3-16-10(7)8(12)5-6;/h4-5,9H,2-3,13H2,1H3;1H. The van der Waals surface area contributed by atoms with E-state index in [9.17, 15) is 9.18 Å². The van der Waals surface area contributed by atoms with E-state index < -0.39 is 11.8 Å². The maximum atomic E-state index is 13.6. The first-order valence-corrected chi connectivity index (χ1v) is 4.93. The summed E-state index contributed by atoms with van der Waals surface area (Å²) in [5.41, 5.74) is 6.50. The number of carbonyl (C=O) groups is 1. The Balaban J connectivity index is 0.00000144. The number of hydrogen-bond donors (Lipinski definition) is 1. The molecule has 0 aromatic heterocycles. The summed E-state index contributed by atoms with van der Waals surface area (Å²) in [5, 5.41) is 0. The van der Waals surface area contributed by atoms with Gasteiger partial charge in [-0.2, -0.15) is 0 Å². The zero-order chi connectivity index (χ0) is 11.7. The van der Waals surface area contributed by atoms with E-state index in [4.69, 9.17) is 10.5 Å². The summed E-state index contributed by atoms with van der Waals surface area (Å²) in [5.74, 6) is -1.01. The van der Waals surface area contributed by atoms with E-state index in [0.717, 1.165) is 6.07 Å². The Labute approximate surface area is 104 Å². The predicted molar refractivity (Wildman–Crippen MR) is 62.0 cm³/mol. The quantitative estimate of drug-likeness (QED) is 0.784. The fourth-order valence-corrected chi connectivity index (χ4v) is 1.72. The first-order chi connectivity index (χ1) is 7.63. The molecule has 2 N–H and O–H groups in total.